The highest BCUT2D eigenvalue weighted by atomic mass is 16.4. The lowest BCUT2D eigenvalue weighted by Gasteiger charge is -2.14. The van der Waals surface area contributed by atoms with Crippen molar-refractivity contribution >= 4 is 16.9 Å². The SMILES string of the molecule is C[C@@H](CCc1ccccc1)NCc1c(C(=O)O)n(C)c2ccccc12. The Balaban J connectivity index is 1.72. The third-order valence-corrected chi connectivity index (χ3v) is 4.75. The molecule has 0 saturated carbocycles. The molecule has 0 amide bonds. The fraction of sp³-hybridized carbons (Fsp3) is 0.286. The first-order valence-corrected chi connectivity index (χ1v) is 8.65. The van der Waals surface area contributed by atoms with E-state index < -0.39 is 5.97 Å². The van der Waals surface area contributed by atoms with E-state index in [1.807, 2.05) is 37.4 Å². The topological polar surface area (TPSA) is 54.3 Å². The Morgan fingerprint density at radius 3 is 2.52 bits per heavy atom. The van der Waals surface area contributed by atoms with Crippen molar-refractivity contribution in [2.45, 2.75) is 32.4 Å². The van der Waals surface area contributed by atoms with E-state index in [2.05, 4.69) is 36.5 Å². The Bertz CT molecular complexity index is 868. The number of rotatable bonds is 7. The van der Waals surface area contributed by atoms with E-state index in [-0.39, 0.29) is 0 Å². The second kappa shape index (κ2) is 7.53. The van der Waals surface area contributed by atoms with Gasteiger partial charge in [0.1, 0.15) is 5.69 Å². The third kappa shape index (κ3) is 3.74. The maximum absolute atomic E-state index is 11.7. The predicted molar refractivity (Wildman–Crippen MR) is 101 cm³/mol. The molecule has 0 aliphatic rings. The maximum Gasteiger partial charge on any atom is 0.352 e. The van der Waals surface area contributed by atoms with Crippen molar-refractivity contribution in [2.24, 2.45) is 7.05 Å². The van der Waals surface area contributed by atoms with E-state index in [1.165, 1.54) is 5.56 Å². The number of aromatic carboxylic acids is 1. The number of para-hydroxylation sites is 1. The summed E-state index contributed by atoms with van der Waals surface area (Å²) < 4.78 is 1.77. The number of aromatic nitrogens is 1. The van der Waals surface area contributed by atoms with Gasteiger partial charge in [-0.1, -0.05) is 48.5 Å². The average molecular weight is 336 g/mol. The summed E-state index contributed by atoms with van der Waals surface area (Å²) in [5, 5.41) is 14.1. The van der Waals surface area contributed by atoms with Gasteiger partial charge in [0.25, 0.3) is 0 Å². The molecule has 0 unspecified atom stereocenters. The minimum absolute atomic E-state index is 0.306. The summed E-state index contributed by atoms with van der Waals surface area (Å²) in [6.45, 7) is 2.70. The second-order valence-corrected chi connectivity index (χ2v) is 6.51. The first-order valence-electron chi connectivity index (χ1n) is 8.65. The average Bonchev–Trinajstić information content (AvgIpc) is 2.91. The molecule has 2 N–H and O–H groups in total. The molecule has 4 heteroatoms. The quantitative estimate of drug-likeness (QED) is 0.686. The van der Waals surface area contributed by atoms with E-state index in [9.17, 15) is 9.90 Å². The molecule has 0 spiro atoms. The number of hydrogen-bond acceptors (Lipinski definition) is 2. The molecule has 1 heterocycles. The van der Waals surface area contributed by atoms with Crippen LogP contribution in [0, 0.1) is 0 Å². The molecule has 2 aromatic carbocycles. The minimum Gasteiger partial charge on any atom is -0.477 e. The molecule has 0 fully saturated rings. The summed E-state index contributed by atoms with van der Waals surface area (Å²) in [4.78, 5) is 11.7. The molecule has 0 aliphatic heterocycles. The zero-order valence-electron chi connectivity index (χ0n) is 14.7. The highest BCUT2D eigenvalue weighted by Gasteiger charge is 2.20. The normalized spacial score (nSPS) is 12.4. The summed E-state index contributed by atoms with van der Waals surface area (Å²) in [5.74, 6) is -0.882. The van der Waals surface area contributed by atoms with Gasteiger partial charge in [-0.25, -0.2) is 4.79 Å². The summed E-state index contributed by atoms with van der Waals surface area (Å²) in [6, 6.07) is 18.6. The number of benzene rings is 2. The molecule has 1 atom stereocenters. The van der Waals surface area contributed by atoms with E-state index in [4.69, 9.17) is 0 Å². The van der Waals surface area contributed by atoms with Gasteiger partial charge in [0.2, 0.25) is 0 Å². The fourth-order valence-corrected chi connectivity index (χ4v) is 3.33. The Hall–Kier alpha value is -2.59. The molecule has 0 saturated heterocycles. The van der Waals surface area contributed by atoms with Crippen LogP contribution >= 0.6 is 0 Å². The number of nitrogens with zero attached hydrogens (tertiary/aromatic N) is 1. The molecule has 0 bridgehead atoms. The zero-order valence-corrected chi connectivity index (χ0v) is 14.7. The van der Waals surface area contributed by atoms with Crippen LogP contribution in [0.3, 0.4) is 0 Å². The Kier molecular flexibility index (Phi) is 5.19. The van der Waals surface area contributed by atoms with Crippen molar-refractivity contribution in [1.29, 1.82) is 0 Å². The smallest absolute Gasteiger partial charge is 0.352 e. The largest absolute Gasteiger partial charge is 0.477 e. The van der Waals surface area contributed by atoms with E-state index >= 15 is 0 Å². The van der Waals surface area contributed by atoms with Gasteiger partial charge in [0.05, 0.1) is 0 Å². The van der Waals surface area contributed by atoms with Crippen molar-refractivity contribution < 1.29 is 9.90 Å². The van der Waals surface area contributed by atoms with Crippen LogP contribution in [0.5, 0.6) is 0 Å². The van der Waals surface area contributed by atoms with Crippen LogP contribution in [0.15, 0.2) is 54.6 Å². The zero-order chi connectivity index (χ0) is 17.8. The van der Waals surface area contributed by atoms with Crippen LogP contribution in [0.4, 0.5) is 0 Å². The lowest BCUT2D eigenvalue weighted by Crippen LogP contribution is -2.27. The lowest BCUT2D eigenvalue weighted by atomic mass is 10.1. The molecule has 130 valence electrons. The number of aryl methyl sites for hydroxylation is 2. The van der Waals surface area contributed by atoms with Gasteiger partial charge in [-0.15, -0.1) is 0 Å². The molecular weight excluding hydrogens is 312 g/mol. The van der Waals surface area contributed by atoms with Crippen molar-refractivity contribution in [3.63, 3.8) is 0 Å². The van der Waals surface area contributed by atoms with E-state index in [1.54, 1.807) is 4.57 Å². The summed E-state index contributed by atoms with van der Waals surface area (Å²) >= 11 is 0. The van der Waals surface area contributed by atoms with Gasteiger partial charge in [0.15, 0.2) is 0 Å². The fourth-order valence-electron chi connectivity index (χ4n) is 3.33. The highest BCUT2D eigenvalue weighted by molar-refractivity contribution is 5.98. The van der Waals surface area contributed by atoms with Gasteiger partial charge in [0, 0.05) is 36.1 Å². The molecule has 3 rings (SSSR count). The van der Waals surface area contributed by atoms with E-state index in [0.717, 1.165) is 29.3 Å². The second-order valence-electron chi connectivity index (χ2n) is 6.51. The molecule has 4 nitrogen and oxygen atoms in total. The van der Waals surface area contributed by atoms with Crippen molar-refractivity contribution in [1.82, 2.24) is 9.88 Å². The van der Waals surface area contributed by atoms with Crippen molar-refractivity contribution in [2.75, 3.05) is 0 Å². The summed E-state index contributed by atoms with van der Waals surface area (Å²) in [5.41, 5.74) is 3.50. The number of fused-ring (bicyclic) bond motifs is 1. The summed E-state index contributed by atoms with van der Waals surface area (Å²) in [6.07, 6.45) is 2.02. The highest BCUT2D eigenvalue weighted by Crippen LogP contribution is 2.25. The Morgan fingerprint density at radius 2 is 1.80 bits per heavy atom. The molecule has 25 heavy (non-hydrogen) atoms. The lowest BCUT2D eigenvalue weighted by molar-refractivity contribution is 0.0685. The number of carboxylic acids is 1. The van der Waals surface area contributed by atoms with Gasteiger partial charge in [-0.05, 0) is 31.4 Å². The van der Waals surface area contributed by atoms with Gasteiger partial charge >= 0.3 is 5.97 Å². The van der Waals surface area contributed by atoms with Crippen molar-refractivity contribution in [3.8, 4) is 0 Å². The predicted octanol–water partition coefficient (Wildman–Crippen LogP) is 3.99. The van der Waals surface area contributed by atoms with Crippen LogP contribution in [0.1, 0.15) is 35.0 Å². The van der Waals surface area contributed by atoms with Crippen LogP contribution in [-0.2, 0) is 20.0 Å². The van der Waals surface area contributed by atoms with Gasteiger partial charge in [-0.3, -0.25) is 0 Å². The number of carboxylic acid groups (broad SMARTS) is 1. The van der Waals surface area contributed by atoms with Crippen molar-refractivity contribution in [3.05, 3.63) is 71.4 Å². The minimum atomic E-state index is -0.882. The van der Waals surface area contributed by atoms with Crippen LogP contribution in [-0.4, -0.2) is 21.7 Å². The Labute approximate surface area is 148 Å². The molecule has 0 radical (unpaired) electrons. The number of carbonyl (C=O) groups is 1. The van der Waals surface area contributed by atoms with Gasteiger partial charge < -0.3 is 15.0 Å². The molecule has 3 aromatic rings. The van der Waals surface area contributed by atoms with E-state index in [0.29, 0.717) is 18.3 Å². The number of nitrogens with one attached hydrogen (secondary N) is 1. The molecule has 0 aliphatic carbocycles. The van der Waals surface area contributed by atoms with Gasteiger partial charge in [-0.2, -0.15) is 0 Å². The molecule has 1 aromatic heterocycles. The van der Waals surface area contributed by atoms with Crippen LogP contribution in [0.25, 0.3) is 10.9 Å². The summed E-state index contributed by atoms with van der Waals surface area (Å²) in [7, 11) is 1.81. The first kappa shape index (κ1) is 17.2. The number of hydrogen-bond donors (Lipinski definition) is 2. The standard InChI is InChI=1S/C21H24N2O2/c1-15(12-13-16-8-4-3-5-9-16)22-14-18-17-10-6-7-11-19(17)23(2)20(18)21(24)25/h3-11,15,22H,12-14H2,1-2H3,(H,24,25)/t15-/m0/s1. The molecular formula is C21H24N2O2. The first-order chi connectivity index (χ1) is 12.1. The Morgan fingerprint density at radius 1 is 1.12 bits per heavy atom. The monoisotopic (exact) mass is 336 g/mol. The third-order valence-electron chi connectivity index (χ3n) is 4.75. The van der Waals surface area contributed by atoms with Crippen LogP contribution < -0.4 is 5.32 Å². The maximum atomic E-state index is 11.7. The van der Waals surface area contributed by atoms with Crippen LogP contribution in [0.2, 0.25) is 0 Å².